The van der Waals surface area contributed by atoms with Gasteiger partial charge in [-0.2, -0.15) is 0 Å². The van der Waals surface area contributed by atoms with Gasteiger partial charge in [-0.15, -0.1) is 0 Å². The van der Waals surface area contributed by atoms with E-state index in [0.29, 0.717) is 0 Å². The smallest absolute Gasteiger partial charge is 0.241 e. The quantitative estimate of drug-likeness (QED) is 0.772. The molecule has 0 aromatic heterocycles. The maximum Gasteiger partial charge on any atom is 0.241 e. The number of hydrogen-bond donors (Lipinski definition) is 1. The van der Waals surface area contributed by atoms with Gasteiger partial charge in [-0.3, -0.25) is 15.0 Å². The number of unbranched alkanes of at least 4 members (excludes halogenated alkanes) is 1. The van der Waals surface area contributed by atoms with Crippen molar-refractivity contribution >= 4 is 5.91 Å². The van der Waals surface area contributed by atoms with E-state index in [2.05, 4.69) is 31.0 Å². The number of likely N-dealkylation sites (N-methyl/N-ethyl adjacent to an activating group) is 1. The number of carbonyl (C=O) groups is 1. The lowest BCUT2D eigenvalue weighted by molar-refractivity contribution is -0.133. The van der Waals surface area contributed by atoms with Gasteiger partial charge < -0.3 is 9.64 Å². The van der Waals surface area contributed by atoms with Crippen LogP contribution in [-0.4, -0.2) is 66.8 Å². The van der Waals surface area contributed by atoms with Crippen LogP contribution < -0.4 is 5.32 Å². The van der Waals surface area contributed by atoms with E-state index >= 15 is 0 Å². The Kier molecular flexibility index (Phi) is 6.45. The lowest BCUT2D eigenvalue weighted by Crippen LogP contribution is -2.50. The molecule has 1 amide bonds. The van der Waals surface area contributed by atoms with Crippen molar-refractivity contribution < 1.29 is 9.53 Å². The molecule has 0 aromatic carbocycles. The first kappa shape index (κ1) is 16.7. The average molecular weight is 297 g/mol. The summed E-state index contributed by atoms with van der Waals surface area (Å²) in [6.07, 6.45) is 4.49. The number of carbonyl (C=O) groups excluding carboxylic acids is 1. The van der Waals surface area contributed by atoms with Crippen LogP contribution in [0.4, 0.5) is 0 Å². The molecule has 21 heavy (non-hydrogen) atoms. The maximum atomic E-state index is 12.6. The standard InChI is InChI=1S/C16H31N3O2/c1-4-7-8-14-16(20)19(15(5-2)17-14)12-13-11-18(6-3)9-10-21-13/h13-15,17H,4-12H2,1-3H3. The predicted molar refractivity (Wildman–Crippen MR) is 84.1 cm³/mol. The van der Waals surface area contributed by atoms with Crippen LogP contribution in [-0.2, 0) is 9.53 Å². The van der Waals surface area contributed by atoms with Gasteiger partial charge in [-0.25, -0.2) is 0 Å². The van der Waals surface area contributed by atoms with E-state index in [1.165, 1.54) is 0 Å². The van der Waals surface area contributed by atoms with Crippen LogP contribution in [0.25, 0.3) is 0 Å². The number of hydrogen-bond acceptors (Lipinski definition) is 4. The van der Waals surface area contributed by atoms with E-state index in [1.54, 1.807) is 0 Å². The third-order valence-electron chi connectivity index (χ3n) is 4.65. The summed E-state index contributed by atoms with van der Waals surface area (Å²) in [5.74, 6) is 0.271. The second-order valence-electron chi connectivity index (χ2n) is 6.16. The van der Waals surface area contributed by atoms with Gasteiger partial charge in [0.15, 0.2) is 0 Å². The van der Waals surface area contributed by atoms with Gasteiger partial charge in [-0.05, 0) is 19.4 Å². The Balaban J connectivity index is 1.92. The summed E-state index contributed by atoms with van der Waals surface area (Å²) in [5, 5.41) is 3.50. The van der Waals surface area contributed by atoms with Gasteiger partial charge in [0.2, 0.25) is 5.91 Å². The molecule has 5 heteroatoms. The largest absolute Gasteiger partial charge is 0.374 e. The van der Waals surface area contributed by atoms with Crippen molar-refractivity contribution in [2.45, 2.75) is 64.8 Å². The zero-order valence-corrected chi connectivity index (χ0v) is 13.8. The molecule has 0 saturated carbocycles. The van der Waals surface area contributed by atoms with E-state index in [9.17, 15) is 4.79 Å². The Morgan fingerprint density at radius 2 is 2.14 bits per heavy atom. The molecule has 0 spiro atoms. The summed E-state index contributed by atoms with van der Waals surface area (Å²) < 4.78 is 5.87. The lowest BCUT2D eigenvalue weighted by atomic mass is 10.1. The second-order valence-corrected chi connectivity index (χ2v) is 6.16. The average Bonchev–Trinajstić information content (AvgIpc) is 2.81. The molecule has 2 saturated heterocycles. The van der Waals surface area contributed by atoms with Crippen molar-refractivity contribution in [1.82, 2.24) is 15.1 Å². The predicted octanol–water partition coefficient (Wildman–Crippen LogP) is 1.43. The number of rotatable bonds is 7. The summed E-state index contributed by atoms with van der Waals surface area (Å²) in [7, 11) is 0. The number of amides is 1. The summed E-state index contributed by atoms with van der Waals surface area (Å²) >= 11 is 0. The molecular formula is C16H31N3O2. The Labute approximate surface area is 129 Å². The molecular weight excluding hydrogens is 266 g/mol. The highest BCUT2D eigenvalue weighted by Gasteiger charge is 2.38. The van der Waals surface area contributed by atoms with Crippen LogP contribution in [0.5, 0.6) is 0 Å². The van der Waals surface area contributed by atoms with Crippen molar-refractivity contribution in [2.24, 2.45) is 0 Å². The van der Waals surface area contributed by atoms with Gasteiger partial charge in [0.1, 0.15) is 0 Å². The maximum absolute atomic E-state index is 12.6. The molecule has 2 aliphatic heterocycles. The molecule has 5 nitrogen and oxygen atoms in total. The molecule has 122 valence electrons. The third-order valence-corrected chi connectivity index (χ3v) is 4.65. The van der Waals surface area contributed by atoms with E-state index in [-0.39, 0.29) is 24.2 Å². The summed E-state index contributed by atoms with van der Waals surface area (Å²) in [6.45, 7) is 11.0. The Hall–Kier alpha value is -0.650. The van der Waals surface area contributed by atoms with Gasteiger partial charge in [0, 0.05) is 19.6 Å². The van der Waals surface area contributed by atoms with Gasteiger partial charge in [-0.1, -0.05) is 33.6 Å². The van der Waals surface area contributed by atoms with Crippen LogP contribution >= 0.6 is 0 Å². The molecule has 0 bridgehead atoms. The third kappa shape index (κ3) is 4.18. The minimum absolute atomic E-state index is 0.0146. The van der Waals surface area contributed by atoms with Gasteiger partial charge in [0.05, 0.1) is 24.9 Å². The minimum atomic E-state index is 0.0146. The molecule has 3 unspecified atom stereocenters. The fourth-order valence-electron chi connectivity index (χ4n) is 3.32. The SMILES string of the molecule is CCCCC1NC(CC)N(CC2CN(CC)CCO2)C1=O. The highest BCUT2D eigenvalue weighted by Crippen LogP contribution is 2.19. The molecule has 3 atom stereocenters. The number of morpholine rings is 1. The topological polar surface area (TPSA) is 44.8 Å². The Morgan fingerprint density at radius 3 is 2.81 bits per heavy atom. The van der Waals surface area contributed by atoms with Crippen LogP contribution in [0.1, 0.15) is 46.5 Å². The zero-order valence-electron chi connectivity index (χ0n) is 13.8. The minimum Gasteiger partial charge on any atom is -0.374 e. The first-order valence-electron chi connectivity index (χ1n) is 8.60. The van der Waals surface area contributed by atoms with Gasteiger partial charge in [0.25, 0.3) is 0 Å². The monoisotopic (exact) mass is 297 g/mol. The first-order chi connectivity index (χ1) is 10.2. The second kappa shape index (κ2) is 8.11. The molecule has 2 aliphatic rings. The van der Waals surface area contributed by atoms with E-state index in [1.807, 2.05) is 4.90 Å². The fourth-order valence-corrected chi connectivity index (χ4v) is 3.32. The van der Waals surface area contributed by atoms with Crippen LogP contribution in [0, 0.1) is 0 Å². The normalized spacial score (nSPS) is 31.1. The molecule has 0 radical (unpaired) electrons. The highest BCUT2D eigenvalue weighted by molar-refractivity contribution is 5.84. The Bertz CT molecular complexity index is 337. The van der Waals surface area contributed by atoms with Crippen molar-refractivity contribution in [3.05, 3.63) is 0 Å². The number of nitrogens with one attached hydrogen (secondary N) is 1. The highest BCUT2D eigenvalue weighted by atomic mass is 16.5. The fraction of sp³-hybridized carbons (Fsp3) is 0.938. The first-order valence-corrected chi connectivity index (χ1v) is 8.60. The molecule has 0 aromatic rings. The number of nitrogens with zero attached hydrogens (tertiary/aromatic N) is 2. The van der Waals surface area contributed by atoms with E-state index < -0.39 is 0 Å². The Morgan fingerprint density at radius 1 is 1.33 bits per heavy atom. The summed E-state index contributed by atoms with van der Waals surface area (Å²) in [6, 6.07) is 0.0146. The molecule has 2 fully saturated rings. The van der Waals surface area contributed by atoms with Crippen LogP contribution in [0.2, 0.25) is 0 Å². The summed E-state index contributed by atoms with van der Waals surface area (Å²) in [5.41, 5.74) is 0. The van der Waals surface area contributed by atoms with Gasteiger partial charge >= 0.3 is 0 Å². The molecule has 0 aliphatic carbocycles. The van der Waals surface area contributed by atoms with E-state index in [0.717, 1.165) is 58.5 Å². The lowest BCUT2D eigenvalue weighted by Gasteiger charge is -2.35. The molecule has 2 heterocycles. The molecule has 1 N–H and O–H groups in total. The zero-order chi connectivity index (χ0) is 15.2. The van der Waals surface area contributed by atoms with Crippen LogP contribution in [0.3, 0.4) is 0 Å². The number of ether oxygens (including phenoxy) is 1. The van der Waals surface area contributed by atoms with Crippen LogP contribution in [0.15, 0.2) is 0 Å². The van der Waals surface area contributed by atoms with Crippen molar-refractivity contribution in [2.75, 3.05) is 32.8 Å². The van der Waals surface area contributed by atoms with Crippen molar-refractivity contribution in [3.8, 4) is 0 Å². The van der Waals surface area contributed by atoms with Crippen molar-refractivity contribution in [3.63, 3.8) is 0 Å². The van der Waals surface area contributed by atoms with E-state index in [4.69, 9.17) is 4.74 Å². The van der Waals surface area contributed by atoms with Crippen molar-refractivity contribution in [1.29, 1.82) is 0 Å². The summed E-state index contributed by atoms with van der Waals surface area (Å²) in [4.78, 5) is 17.0. The molecule has 2 rings (SSSR count).